The Morgan fingerprint density at radius 3 is 2.70 bits per heavy atom. The normalized spacial score (nSPS) is 12.9. The lowest BCUT2D eigenvalue weighted by molar-refractivity contribution is 0.0974. The third-order valence-electron chi connectivity index (χ3n) is 3.50. The SMILES string of the molecule is CCNCc1ccc(F)c(CN(CC)C(C)COC)c1. The van der Waals surface area contributed by atoms with Gasteiger partial charge in [0.25, 0.3) is 0 Å². The quantitative estimate of drug-likeness (QED) is 0.754. The van der Waals surface area contributed by atoms with Crippen LogP contribution in [0.25, 0.3) is 0 Å². The summed E-state index contributed by atoms with van der Waals surface area (Å²) in [5.74, 6) is -0.131. The summed E-state index contributed by atoms with van der Waals surface area (Å²) in [4.78, 5) is 2.22. The molecule has 0 amide bonds. The van der Waals surface area contributed by atoms with Crippen LogP contribution in [0.4, 0.5) is 4.39 Å². The van der Waals surface area contributed by atoms with Crippen LogP contribution in [0.3, 0.4) is 0 Å². The molecule has 3 nitrogen and oxygen atoms in total. The standard InChI is InChI=1S/C16H27FN2O/c1-5-18-10-14-7-8-16(17)15(9-14)11-19(6-2)13(3)12-20-4/h7-9,13,18H,5-6,10-12H2,1-4H3. The van der Waals surface area contributed by atoms with E-state index in [1.54, 1.807) is 13.2 Å². The molecule has 1 rings (SSSR count). The summed E-state index contributed by atoms with van der Waals surface area (Å²) >= 11 is 0. The fourth-order valence-electron chi connectivity index (χ4n) is 2.27. The second-order valence-electron chi connectivity index (χ2n) is 5.07. The van der Waals surface area contributed by atoms with Gasteiger partial charge in [-0.2, -0.15) is 0 Å². The van der Waals surface area contributed by atoms with Crippen LogP contribution >= 0.6 is 0 Å². The number of hydrogen-bond donors (Lipinski definition) is 1. The minimum atomic E-state index is -0.131. The van der Waals surface area contributed by atoms with Gasteiger partial charge in [0.1, 0.15) is 5.82 Å². The summed E-state index contributed by atoms with van der Waals surface area (Å²) in [5.41, 5.74) is 1.88. The van der Waals surface area contributed by atoms with Crippen LogP contribution in [-0.4, -0.2) is 37.7 Å². The molecule has 1 aromatic rings. The Morgan fingerprint density at radius 1 is 1.35 bits per heavy atom. The van der Waals surface area contributed by atoms with Crippen LogP contribution in [-0.2, 0) is 17.8 Å². The van der Waals surface area contributed by atoms with Gasteiger partial charge in [-0.25, -0.2) is 4.39 Å². The number of hydrogen-bond acceptors (Lipinski definition) is 3. The molecule has 0 saturated carbocycles. The Bertz CT molecular complexity index is 398. The summed E-state index contributed by atoms with van der Waals surface area (Å²) in [5, 5.41) is 3.27. The number of halogens is 1. The van der Waals surface area contributed by atoms with E-state index >= 15 is 0 Å². The lowest BCUT2D eigenvalue weighted by Crippen LogP contribution is -2.35. The van der Waals surface area contributed by atoms with Gasteiger partial charge in [-0.3, -0.25) is 4.90 Å². The molecule has 0 spiro atoms. The monoisotopic (exact) mass is 282 g/mol. The fourth-order valence-corrected chi connectivity index (χ4v) is 2.27. The molecule has 0 bridgehead atoms. The molecule has 1 atom stereocenters. The maximum atomic E-state index is 14.0. The zero-order valence-corrected chi connectivity index (χ0v) is 13.1. The molecule has 4 heteroatoms. The first kappa shape index (κ1) is 17.1. The van der Waals surface area contributed by atoms with Crippen molar-refractivity contribution >= 4 is 0 Å². The molecule has 1 N–H and O–H groups in total. The predicted molar refractivity (Wildman–Crippen MR) is 81.2 cm³/mol. The number of nitrogens with zero attached hydrogens (tertiary/aromatic N) is 1. The lowest BCUT2D eigenvalue weighted by atomic mass is 10.1. The van der Waals surface area contributed by atoms with Crippen molar-refractivity contribution in [3.05, 3.63) is 35.1 Å². The molecule has 114 valence electrons. The molecule has 0 fully saturated rings. The van der Waals surface area contributed by atoms with Crippen molar-refractivity contribution in [3.8, 4) is 0 Å². The molecule has 0 aliphatic heterocycles. The van der Waals surface area contributed by atoms with Crippen molar-refractivity contribution in [1.82, 2.24) is 10.2 Å². The summed E-state index contributed by atoms with van der Waals surface area (Å²) in [6.45, 7) is 10.1. The minimum Gasteiger partial charge on any atom is -0.383 e. The van der Waals surface area contributed by atoms with Gasteiger partial charge in [-0.05, 0) is 31.6 Å². The Hall–Kier alpha value is -0.970. The number of rotatable bonds is 9. The average molecular weight is 282 g/mol. The van der Waals surface area contributed by atoms with E-state index in [1.165, 1.54) is 0 Å². The Kier molecular flexibility index (Phi) is 7.73. The van der Waals surface area contributed by atoms with Crippen molar-refractivity contribution in [3.63, 3.8) is 0 Å². The molecule has 0 aliphatic rings. The van der Waals surface area contributed by atoms with Crippen LogP contribution < -0.4 is 5.32 Å². The first-order chi connectivity index (χ1) is 9.62. The van der Waals surface area contributed by atoms with Crippen molar-refractivity contribution in [1.29, 1.82) is 0 Å². The average Bonchev–Trinajstić information content (AvgIpc) is 2.45. The second kappa shape index (κ2) is 9.06. The van der Waals surface area contributed by atoms with Crippen LogP contribution in [0.1, 0.15) is 31.9 Å². The summed E-state index contributed by atoms with van der Waals surface area (Å²) in [6, 6.07) is 5.65. The number of ether oxygens (including phenoxy) is 1. The summed E-state index contributed by atoms with van der Waals surface area (Å²) < 4.78 is 19.1. The number of methoxy groups -OCH3 is 1. The van der Waals surface area contributed by atoms with Crippen LogP contribution in [0.15, 0.2) is 18.2 Å². The topological polar surface area (TPSA) is 24.5 Å². The van der Waals surface area contributed by atoms with Gasteiger partial charge in [0.15, 0.2) is 0 Å². The van der Waals surface area contributed by atoms with Crippen LogP contribution in [0.2, 0.25) is 0 Å². The molecule has 1 unspecified atom stereocenters. The Labute approximate surface area is 122 Å². The maximum Gasteiger partial charge on any atom is 0.127 e. The second-order valence-corrected chi connectivity index (χ2v) is 5.07. The third kappa shape index (κ3) is 5.19. The highest BCUT2D eigenvalue weighted by atomic mass is 19.1. The van der Waals surface area contributed by atoms with E-state index in [0.717, 1.165) is 30.8 Å². The van der Waals surface area contributed by atoms with Crippen molar-refractivity contribution < 1.29 is 9.13 Å². The number of benzene rings is 1. The number of nitrogens with one attached hydrogen (secondary N) is 1. The van der Waals surface area contributed by atoms with Gasteiger partial charge in [-0.15, -0.1) is 0 Å². The zero-order valence-electron chi connectivity index (χ0n) is 13.1. The molecule has 1 aromatic carbocycles. The highest BCUT2D eigenvalue weighted by molar-refractivity contribution is 5.25. The van der Waals surface area contributed by atoms with Gasteiger partial charge in [0.2, 0.25) is 0 Å². The predicted octanol–water partition coefficient (Wildman–Crippen LogP) is 2.79. The Balaban J connectivity index is 2.77. The summed E-state index contributed by atoms with van der Waals surface area (Å²) in [6.07, 6.45) is 0. The van der Waals surface area contributed by atoms with E-state index in [2.05, 4.69) is 31.0 Å². The van der Waals surface area contributed by atoms with Gasteiger partial charge < -0.3 is 10.1 Å². The lowest BCUT2D eigenvalue weighted by Gasteiger charge is -2.27. The van der Waals surface area contributed by atoms with Crippen molar-refractivity contribution in [2.24, 2.45) is 0 Å². The molecule has 0 heterocycles. The molecular formula is C16H27FN2O. The first-order valence-electron chi connectivity index (χ1n) is 7.33. The maximum absolute atomic E-state index is 14.0. The van der Waals surface area contributed by atoms with E-state index in [1.807, 2.05) is 12.1 Å². The molecule has 0 aromatic heterocycles. The minimum absolute atomic E-state index is 0.131. The van der Waals surface area contributed by atoms with E-state index in [4.69, 9.17) is 4.74 Å². The van der Waals surface area contributed by atoms with E-state index < -0.39 is 0 Å². The van der Waals surface area contributed by atoms with Crippen molar-refractivity contribution in [2.75, 3.05) is 26.8 Å². The van der Waals surface area contributed by atoms with E-state index in [9.17, 15) is 4.39 Å². The van der Waals surface area contributed by atoms with Gasteiger partial charge >= 0.3 is 0 Å². The van der Waals surface area contributed by atoms with Gasteiger partial charge in [-0.1, -0.05) is 26.0 Å². The van der Waals surface area contributed by atoms with E-state index in [0.29, 0.717) is 13.2 Å². The van der Waals surface area contributed by atoms with Crippen LogP contribution in [0.5, 0.6) is 0 Å². The highest BCUT2D eigenvalue weighted by Gasteiger charge is 2.14. The fraction of sp³-hybridized carbons (Fsp3) is 0.625. The molecule has 20 heavy (non-hydrogen) atoms. The van der Waals surface area contributed by atoms with Gasteiger partial charge in [0.05, 0.1) is 6.61 Å². The van der Waals surface area contributed by atoms with E-state index in [-0.39, 0.29) is 11.9 Å². The first-order valence-corrected chi connectivity index (χ1v) is 7.33. The molecule has 0 aliphatic carbocycles. The number of likely N-dealkylation sites (N-methyl/N-ethyl adjacent to an activating group) is 1. The molecular weight excluding hydrogens is 255 g/mol. The molecule has 0 saturated heterocycles. The largest absolute Gasteiger partial charge is 0.383 e. The zero-order chi connectivity index (χ0) is 15.0. The third-order valence-corrected chi connectivity index (χ3v) is 3.50. The highest BCUT2D eigenvalue weighted by Crippen LogP contribution is 2.15. The molecule has 0 radical (unpaired) electrons. The van der Waals surface area contributed by atoms with Gasteiger partial charge in [0, 0.05) is 31.8 Å². The van der Waals surface area contributed by atoms with Crippen molar-refractivity contribution in [2.45, 2.75) is 39.9 Å². The van der Waals surface area contributed by atoms with Crippen LogP contribution in [0, 0.1) is 5.82 Å². The summed E-state index contributed by atoms with van der Waals surface area (Å²) in [7, 11) is 1.70. The Morgan fingerprint density at radius 2 is 2.10 bits per heavy atom. The smallest absolute Gasteiger partial charge is 0.127 e.